The van der Waals surface area contributed by atoms with E-state index in [-0.39, 0.29) is 24.8 Å². The topological polar surface area (TPSA) is 0 Å². The summed E-state index contributed by atoms with van der Waals surface area (Å²) in [6.07, 6.45) is 4.56. The van der Waals surface area contributed by atoms with Crippen LogP contribution in [-0.4, -0.2) is 0 Å². The van der Waals surface area contributed by atoms with Crippen molar-refractivity contribution >= 4 is 6.08 Å². The molecule has 0 aromatic heterocycles. The summed E-state index contributed by atoms with van der Waals surface area (Å²) in [5.41, 5.74) is 4.42. The molecule has 1 aromatic carbocycles. The molecular formula is C12H13Cl2Zr. The average molecular weight is 319 g/mol. The van der Waals surface area contributed by atoms with Crippen molar-refractivity contribution < 1.29 is 49.5 Å². The minimum Gasteiger partial charge on any atom is -1.00 e. The molecule has 0 heterocycles. The van der Waals surface area contributed by atoms with Gasteiger partial charge in [-0.1, -0.05) is 0 Å². The molecule has 0 saturated heterocycles. The zero-order valence-electron chi connectivity index (χ0n) is 8.80. The zero-order chi connectivity index (χ0) is 9.42. The molecule has 1 aromatic rings. The van der Waals surface area contributed by atoms with Gasteiger partial charge in [0.15, 0.2) is 0 Å². The maximum Gasteiger partial charge on any atom is -1.00 e. The first kappa shape index (κ1) is 15.4. The summed E-state index contributed by atoms with van der Waals surface area (Å²) in [4.78, 5) is 0. The Morgan fingerprint density at radius 1 is 1.20 bits per heavy atom. The Morgan fingerprint density at radius 2 is 1.87 bits per heavy atom. The van der Waals surface area contributed by atoms with Crippen molar-refractivity contribution in [1.82, 2.24) is 0 Å². The third-order valence-corrected chi connectivity index (χ3v) is 3.82. The van der Waals surface area contributed by atoms with Crippen LogP contribution in [0.25, 0.3) is 6.08 Å². The van der Waals surface area contributed by atoms with Gasteiger partial charge in [0.2, 0.25) is 0 Å². The quantitative estimate of drug-likeness (QED) is 0.534. The molecule has 0 saturated carbocycles. The SMILES string of the molecule is CC(C)c1ccc2c(c1)[CH]([Zr+2])C=C2.[Cl-].[Cl-]. The Balaban J connectivity index is 0.000000980. The van der Waals surface area contributed by atoms with Crippen molar-refractivity contribution in [1.29, 1.82) is 0 Å². The number of benzene rings is 1. The smallest absolute Gasteiger partial charge is 1.00 e. The molecule has 0 amide bonds. The molecule has 0 nitrogen and oxygen atoms in total. The van der Waals surface area contributed by atoms with E-state index in [1.807, 2.05) is 0 Å². The molecule has 0 bridgehead atoms. The first-order valence-corrected chi connectivity index (χ1v) is 6.13. The van der Waals surface area contributed by atoms with Gasteiger partial charge in [0.05, 0.1) is 0 Å². The molecule has 1 atom stereocenters. The van der Waals surface area contributed by atoms with E-state index in [2.05, 4.69) is 44.2 Å². The molecule has 1 aliphatic rings. The van der Waals surface area contributed by atoms with Crippen LogP contribution in [0.4, 0.5) is 0 Å². The molecule has 15 heavy (non-hydrogen) atoms. The Morgan fingerprint density at radius 3 is 2.47 bits per heavy atom. The van der Waals surface area contributed by atoms with Crippen LogP contribution < -0.4 is 24.8 Å². The first-order chi connectivity index (χ1) is 6.18. The van der Waals surface area contributed by atoms with E-state index in [1.54, 1.807) is 24.7 Å². The third-order valence-electron chi connectivity index (χ3n) is 2.58. The average Bonchev–Trinajstić information content (AvgIpc) is 2.47. The van der Waals surface area contributed by atoms with Gasteiger partial charge >= 0.3 is 95.2 Å². The molecule has 1 unspecified atom stereocenters. The van der Waals surface area contributed by atoms with Gasteiger partial charge in [0.25, 0.3) is 0 Å². The molecule has 2 rings (SSSR count). The van der Waals surface area contributed by atoms with Gasteiger partial charge in [0.1, 0.15) is 0 Å². The summed E-state index contributed by atoms with van der Waals surface area (Å²) < 4.78 is 0.695. The second-order valence-electron chi connectivity index (χ2n) is 3.88. The summed E-state index contributed by atoms with van der Waals surface area (Å²) in [5.74, 6) is 0.647. The fraction of sp³-hybridized carbons (Fsp3) is 0.333. The van der Waals surface area contributed by atoms with Gasteiger partial charge in [-0.05, 0) is 0 Å². The largest absolute Gasteiger partial charge is 1.00 e. The number of fused-ring (bicyclic) bond motifs is 1. The maximum atomic E-state index is 2.37. The Hall–Kier alpha value is 0.423. The predicted octanol–water partition coefficient (Wildman–Crippen LogP) is -2.57. The second-order valence-corrected chi connectivity index (χ2v) is 5.41. The molecule has 0 aliphatic heterocycles. The molecule has 1 aliphatic carbocycles. The molecule has 0 N–H and O–H groups in total. The summed E-state index contributed by atoms with van der Waals surface area (Å²) in [6, 6.07) is 6.88. The van der Waals surface area contributed by atoms with Crippen LogP contribution in [0.2, 0.25) is 0 Å². The summed E-state index contributed by atoms with van der Waals surface area (Å²) in [6.45, 7) is 4.50. The van der Waals surface area contributed by atoms with E-state index in [0.29, 0.717) is 9.54 Å². The zero-order valence-corrected chi connectivity index (χ0v) is 12.8. The minimum atomic E-state index is 0. The Kier molecular flexibility index (Phi) is 6.41. The van der Waals surface area contributed by atoms with E-state index in [1.165, 1.54) is 16.7 Å². The summed E-state index contributed by atoms with van der Waals surface area (Å²) >= 11 is 1.60. The number of hydrogen-bond acceptors (Lipinski definition) is 0. The summed E-state index contributed by atoms with van der Waals surface area (Å²) in [7, 11) is 0. The van der Waals surface area contributed by atoms with E-state index in [0.717, 1.165) is 0 Å². The predicted molar refractivity (Wildman–Crippen MR) is 52.3 cm³/mol. The van der Waals surface area contributed by atoms with Crippen LogP contribution in [0.1, 0.15) is 40.1 Å². The minimum absolute atomic E-state index is 0. The standard InChI is InChI=1S/C12H13.2ClH.Zr/c1-9(2)11-7-6-10-4-3-5-12(10)8-11;;;/h3-9H,1-2H3;2*1H;/q;;;+2/p-2. The Labute approximate surface area is 119 Å². The molecule has 79 valence electrons. The Bertz CT molecular complexity index is 359. The van der Waals surface area contributed by atoms with Crippen molar-refractivity contribution in [3.63, 3.8) is 0 Å². The van der Waals surface area contributed by atoms with Gasteiger partial charge in [-0.15, -0.1) is 0 Å². The van der Waals surface area contributed by atoms with Gasteiger partial charge < -0.3 is 24.8 Å². The van der Waals surface area contributed by atoms with Crippen LogP contribution >= 0.6 is 0 Å². The van der Waals surface area contributed by atoms with Crippen molar-refractivity contribution in [3.8, 4) is 0 Å². The van der Waals surface area contributed by atoms with Crippen molar-refractivity contribution in [2.75, 3.05) is 0 Å². The van der Waals surface area contributed by atoms with Crippen LogP contribution in [-0.2, 0) is 24.7 Å². The molecular weight excluding hydrogens is 306 g/mol. The molecule has 0 radical (unpaired) electrons. The maximum absolute atomic E-state index is 2.37. The van der Waals surface area contributed by atoms with Crippen molar-refractivity contribution in [2.45, 2.75) is 23.4 Å². The van der Waals surface area contributed by atoms with Crippen molar-refractivity contribution in [3.05, 3.63) is 41.0 Å². The van der Waals surface area contributed by atoms with Crippen LogP contribution in [0.5, 0.6) is 0 Å². The van der Waals surface area contributed by atoms with Gasteiger partial charge in [-0.2, -0.15) is 0 Å². The number of allylic oxidation sites excluding steroid dienone is 1. The van der Waals surface area contributed by atoms with E-state index in [4.69, 9.17) is 0 Å². The third kappa shape index (κ3) is 3.19. The van der Waals surface area contributed by atoms with Crippen LogP contribution in [0.15, 0.2) is 24.3 Å². The number of halogens is 2. The van der Waals surface area contributed by atoms with E-state index < -0.39 is 0 Å². The molecule has 3 heteroatoms. The molecule has 0 spiro atoms. The van der Waals surface area contributed by atoms with E-state index in [9.17, 15) is 0 Å². The molecule has 0 fully saturated rings. The first-order valence-electron chi connectivity index (χ1n) is 4.71. The fourth-order valence-electron chi connectivity index (χ4n) is 1.68. The fourth-order valence-corrected chi connectivity index (χ4v) is 2.53. The van der Waals surface area contributed by atoms with Crippen molar-refractivity contribution in [2.24, 2.45) is 0 Å². The van der Waals surface area contributed by atoms with Gasteiger partial charge in [-0.3, -0.25) is 0 Å². The number of hydrogen-bond donors (Lipinski definition) is 0. The van der Waals surface area contributed by atoms with E-state index >= 15 is 0 Å². The van der Waals surface area contributed by atoms with Gasteiger partial charge in [0, 0.05) is 0 Å². The van der Waals surface area contributed by atoms with Crippen LogP contribution in [0.3, 0.4) is 0 Å². The normalized spacial score (nSPS) is 17.0. The van der Waals surface area contributed by atoms with Gasteiger partial charge in [-0.25, -0.2) is 0 Å². The second kappa shape index (κ2) is 6.23. The monoisotopic (exact) mass is 317 g/mol. The number of rotatable bonds is 1. The summed E-state index contributed by atoms with van der Waals surface area (Å²) in [5, 5.41) is 0. The van der Waals surface area contributed by atoms with Crippen LogP contribution in [0, 0.1) is 0 Å².